The zero-order valence-electron chi connectivity index (χ0n) is 6.19. The molecule has 0 N–H and O–H groups in total. The van der Waals surface area contributed by atoms with E-state index in [2.05, 4.69) is 15.9 Å². The van der Waals surface area contributed by atoms with Gasteiger partial charge < -0.3 is 0 Å². The summed E-state index contributed by atoms with van der Waals surface area (Å²) in [6.45, 7) is 0. The zero-order chi connectivity index (χ0) is 10.1. The van der Waals surface area contributed by atoms with E-state index in [9.17, 15) is 13.2 Å². The van der Waals surface area contributed by atoms with Gasteiger partial charge in [-0.05, 0) is 34.1 Å². The van der Waals surface area contributed by atoms with Crippen LogP contribution in [0.4, 0.5) is 13.2 Å². The van der Waals surface area contributed by atoms with Crippen LogP contribution in [0.15, 0.2) is 22.7 Å². The fourth-order valence-corrected chi connectivity index (χ4v) is 1.25. The van der Waals surface area contributed by atoms with E-state index in [1.165, 1.54) is 0 Å². The van der Waals surface area contributed by atoms with Crippen molar-refractivity contribution in [1.29, 1.82) is 5.26 Å². The number of hydrogen-bond donors (Lipinski definition) is 0. The predicted molar refractivity (Wildman–Crippen MR) is 43.9 cm³/mol. The van der Waals surface area contributed by atoms with E-state index >= 15 is 0 Å². The average Bonchev–Trinajstić information content (AvgIpc) is 2.02. The van der Waals surface area contributed by atoms with Crippen molar-refractivity contribution >= 4 is 15.9 Å². The van der Waals surface area contributed by atoms with Crippen molar-refractivity contribution in [2.45, 2.75) is 6.18 Å². The van der Waals surface area contributed by atoms with Crippen molar-refractivity contribution in [3.8, 4) is 6.07 Å². The summed E-state index contributed by atoms with van der Waals surface area (Å²) in [4.78, 5) is 0. The fraction of sp³-hybridized carbons (Fsp3) is 0.125. The second kappa shape index (κ2) is 3.38. The molecule has 0 aliphatic heterocycles. The van der Waals surface area contributed by atoms with Gasteiger partial charge in [-0.2, -0.15) is 18.4 Å². The Labute approximate surface area is 80.9 Å². The lowest BCUT2D eigenvalue weighted by molar-refractivity contribution is -0.137. The third-order valence-electron chi connectivity index (χ3n) is 1.42. The first-order chi connectivity index (χ1) is 5.95. The second-order valence-corrected chi connectivity index (χ2v) is 3.16. The first kappa shape index (κ1) is 10.1. The molecule has 0 atom stereocenters. The molecule has 68 valence electrons. The van der Waals surface area contributed by atoms with Gasteiger partial charge in [0.25, 0.3) is 0 Å². The summed E-state index contributed by atoms with van der Waals surface area (Å²) >= 11 is 2.88. The molecule has 0 radical (unpaired) electrons. The Balaban J connectivity index is 3.20. The first-order valence-corrected chi connectivity index (χ1v) is 4.01. The number of hydrogen-bond acceptors (Lipinski definition) is 1. The van der Waals surface area contributed by atoms with Crippen LogP contribution in [0.2, 0.25) is 0 Å². The van der Waals surface area contributed by atoms with E-state index in [1.807, 2.05) is 0 Å². The lowest BCUT2D eigenvalue weighted by Gasteiger charge is -2.06. The van der Waals surface area contributed by atoms with E-state index in [4.69, 9.17) is 5.26 Å². The average molecular weight is 250 g/mol. The van der Waals surface area contributed by atoms with Crippen LogP contribution in [-0.4, -0.2) is 0 Å². The number of benzene rings is 1. The molecule has 1 rings (SSSR count). The summed E-state index contributed by atoms with van der Waals surface area (Å²) in [6, 6.07) is 4.66. The summed E-state index contributed by atoms with van der Waals surface area (Å²) in [7, 11) is 0. The van der Waals surface area contributed by atoms with Gasteiger partial charge in [-0.15, -0.1) is 0 Å². The Morgan fingerprint density at radius 3 is 2.31 bits per heavy atom. The summed E-state index contributed by atoms with van der Waals surface area (Å²) < 4.78 is 36.5. The monoisotopic (exact) mass is 249 g/mol. The van der Waals surface area contributed by atoms with E-state index in [1.54, 1.807) is 6.07 Å². The maximum absolute atomic E-state index is 12.1. The zero-order valence-corrected chi connectivity index (χ0v) is 7.78. The highest BCUT2D eigenvalue weighted by atomic mass is 79.9. The Morgan fingerprint density at radius 1 is 1.31 bits per heavy atom. The molecule has 0 spiro atoms. The Bertz CT molecular complexity index is 365. The molecule has 0 amide bonds. The third kappa shape index (κ3) is 2.22. The van der Waals surface area contributed by atoms with Gasteiger partial charge in [0.15, 0.2) is 0 Å². The van der Waals surface area contributed by atoms with Crippen molar-refractivity contribution in [3.05, 3.63) is 33.8 Å². The van der Waals surface area contributed by atoms with Crippen molar-refractivity contribution in [2.75, 3.05) is 0 Å². The standard InChI is InChI=1S/C8H3BrF3N/c9-7-3-6(8(10,11)12)2-1-5(7)4-13/h1-3H. The topological polar surface area (TPSA) is 23.8 Å². The van der Waals surface area contributed by atoms with Gasteiger partial charge in [-0.1, -0.05) is 0 Å². The molecule has 1 aromatic rings. The van der Waals surface area contributed by atoms with E-state index in [0.717, 1.165) is 18.2 Å². The molecule has 0 saturated carbocycles. The quantitative estimate of drug-likeness (QED) is 0.692. The number of halogens is 4. The first-order valence-electron chi connectivity index (χ1n) is 3.22. The van der Waals surface area contributed by atoms with Crippen LogP contribution in [0.3, 0.4) is 0 Å². The predicted octanol–water partition coefficient (Wildman–Crippen LogP) is 3.34. The molecule has 0 heterocycles. The van der Waals surface area contributed by atoms with E-state index < -0.39 is 11.7 Å². The largest absolute Gasteiger partial charge is 0.416 e. The molecular formula is C8H3BrF3N. The number of nitriles is 1. The molecule has 0 aliphatic carbocycles. The van der Waals surface area contributed by atoms with Gasteiger partial charge in [0, 0.05) is 4.47 Å². The maximum Gasteiger partial charge on any atom is 0.416 e. The Hall–Kier alpha value is -1.02. The molecule has 0 unspecified atom stereocenters. The fourth-order valence-electron chi connectivity index (χ4n) is 0.782. The molecular weight excluding hydrogens is 247 g/mol. The van der Waals surface area contributed by atoms with Crippen molar-refractivity contribution in [3.63, 3.8) is 0 Å². The van der Waals surface area contributed by atoms with Crippen LogP contribution in [0.5, 0.6) is 0 Å². The molecule has 0 aromatic heterocycles. The normalized spacial score (nSPS) is 11.0. The molecule has 13 heavy (non-hydrogen) atoms. The third-order valence-corrected chi connectivity index (χ3v) is 2.07. The van der Waals surface area contributed by atoms with Gasteiger partial charge in [-0.25, -0.2) is 0 Å². The van der Waals surface area contributed by atoms with E-state index in [0.29, 0.717) is 0 Å². The van der Waals surface area contributed by atoms with Crippen LogP contribution >= 0.6 is 15.9 Å². The summed E-state index contributed by atoms with van der Waals surface area (Å²) in [6.07, 6.45) is -4.36. The SMILES string of the molecule is N#Cc1ccc(C(F)(F)F)cc1Br. The van der Waals surface area contributed by atoms with Gasteiger partial charge in [-0.3, -0.25) is 0 Å². The van der Waals surface area contributed by atoms with Crippen LogP contribution < -0.4 is 0 Å². The Kier molecular flexibility index (Phi) is 2.62. The second-order valence-electron chi connectivity index (χ2n) is 2.30. The maximum atomic E-state index is 12.1. The lowest BCUT2D eigenvalue weighted by atomic mass is 10.1. The van der Waals surface area contributed by atoms with Crippen molar-refractivity contribution in [1.82, 2.24) is 0 Å². The van der Waals surface area contributed by atoms with Gasteiger partial charge in [0.2, 0.25) is 0 Å². The summed E-state index contributed by atoms with van der Waals surface area (Å²) in [5.41, 5.74) is -0.577. The van der Waals surface area contributed by atoms with Crippen molar-refractivity contribution in [2.24, 2.45) is 0 Å². The minimum atomic E-state index is -4.36. The molecule has 0 aliphatic rings. The summed E-state index contributed by atoms with van der Waals surface area (Å²) in [5.74, 6) is 0. The van der Waals surface area contributed by atoms with Gasteiger partial charge >= 0.3 is 6.18 Å². The smallest absolute Gasteiger partial charge is 0.192 e. The minimum Gasteiger partial charge on any atom is -0.192 e. The highest BCUT2D eigenvalue weighted by molar-refractivity contribution is 9.10. The van der Waals surface area contributed by atoms with Crippen LogP contribution in [0.1, 0.15) is 11.1 Å². The van der Waals surface area contributed by atoms with Crippen LogP contribution in [-0.2, 0) is 6.18 Å². The lowest BCUT2D eigenvalue weighted by Crippen LogP contribution is -2.04. The summed E-state index contributed by atoms with van der Waals surface area (Å²) in [5, 5.41) is 8.45. The molecule has 0 saturated heterocycles. The highest BCUT2D eigenvalue weighted by Gasteiger charge is 2.30. The molecule has 0 fully saturated rings. The van der Waals surface area contributed by atoms with E-state index in [-0.39, 0.29) is 10.0 Å². The number of rotatable bonds is 0. The van der Waals surface area contributed by atoms with Crippen LogP contribution in [0.25, 0.3) is 0 Å². The number of alkyl halides is 3. The molecule has 0 bridgehead atoms. The Morgan fingerprint density at radius 2 is 1.92 bits per heavy atom. The minimum absolute atomic E-state index is 0.157. The number of nitrogens with zero attached hydrogens (tertiary/aromatic N) is 1. The van der Waals surface area contributed by atoms with Gasteiger partial charge in [0.1, 0.15) is 6.07 Å². The van der Waals surface area contributed by atoms with Crippen molar-refractivity contribution < 1.29 is 13.2 Å². The van der Waals surface area contributed by atoms with Gasteiger partial charge in [0.05, 0.1) is 11.1 Å². The molecule has 5 heteroatoms. The molecule has 1 nitrogen and oxygen atoms in total. The molecule has 1 aromatic carbocycles. The highest BCUT2D eigenvalue weighted by Crippen LogP contribution is 2.31. The van der Waals surface area contributed by atoms with Crippen LogP contribution in [0, 0.1) is 11.3 Å².